The molecule has 1 atom stereocenters. The van der Waals surface area contributed by atoms with Crippen molar-refractivity contribution in [2.24, 2.45) is 5.41 Å². The third-order valence-electron chi connectivity index (χ3n) is 6.54. The zero-order valence-electron chi connectivity index (χ0n) is 16.9. The summed E-state index contributed by atoms with van der Waals surface area (Å²) in [5.41, 5.74) is 0.0825. The predicted octanol–water partition coefficient (Wildman–Crippen LogP) is 1.08. The van der Waals surface area contributed by atoms with Gasteiger partial charge in [-0.1, -0.05) is 0 Å². The van der Waals surface area contributed by atoms with Crippen molar-refractivity contribution in [3.8, 4) is 5.88 Å². The number of cyclic esters (lactones) is 1. The highest BCUT2D eigenvalue weighted by atomic mass is 16.6. The molecule has 1 unspecified atom stereocenters. The number of amides is 1. The average molecular weight is 403 g/mol. The first-order valence-electron chi connectivity index (χ1n) is 10.4. The van der Waals surface area contributed by atoms with E-state index in [4.69, 9.17) is 9.47 Å². The van der Waals surface area contributed by atoms with Crippen LogP contribution in [0.2, 0.25) is 0 Å². The van der Waals surface area contributed by atoms with E-state index in [0.29, 0.717) is 37.4 Å². The van der Waals surface area contributed by atoms with Crippen LogP contribution in [0.15, 0.2) is 18.3 Å². The van der Waals surface area contributed by atoms with Gasteiger partial charge in [0.2, 0.25) is 5.88 Å². The largest absolute Gasteiger partial charge is 0.481 e. The first-order chi connectivity index (χ1) is 14.0. The Hall–Kier alpha value is -2.19. The van der Waals surface area contributed by atoms with E-state index < -0.39 is 5.41 Å². The van der Waals surface area contributed by atoms with Gasteiger partial charge in [-0.3, -0.25) is 14.5 Å². The number of aliphatic hydroxyl groups excluding tert-OH is 1. The number of hydrogen-bond donors (Lipinski definition) is 1. The van der Waals surface area contributed by atoms with Gasteiger partial charge in [0, 0.05) is 57.0 Å². The molecule has 3 saturated heterocycles. The van der Waals surface area contributed by atoms with E-state index in [1.54, 1.807) is 23.2 Å². The summed E-state index contributed by atoms with van der Waals surface area (Å²) in [5.74, 6) is 0.240. The molecule has 1 N–H and O–H groups in total. The van der Waals surface area contributed by atoms with Crippen molar-refractivity contribution in [1.82, 2.24) is 14.8 Å². The van der Waals surface area contributed by atoms with Crippen molar-refractivity contribution in [1.29, 1.82) is 0 Å². The van der Waals surface area contributed by atoms with Crippen LogP contribution < -0.4 is 4.74 Å². The first kappa shape index (κ1) is 20.1. The second-order valence-corrected chi connectivity index (χ2v) is 8.42. The third kappa shape index (κ3) is 4.23. The number of piperidine rings is 2. The number of hydrogen-bond acceptors (Lipinski definition) is 7. The van der Waals surface area contributed by atoms with Gasteiger partial charge in [-0.2, -0.15) is 0 Å². The van der Waals surface area contributed by atoms with Crippen LogP contribution in [-0.4, -0.2) is 83.8 Å². The molecular formula is C21H29N3O5. The fraction of sp³-hybridized carbons (Fsp3) is 0.667. The van der Waals surface area contributed by atoms with Crippen molar-refractivity contribution >= 4 is 11.9 Å². The number of nitrogens with zero attached hydrogens (tertiary/aromatic N) is 3. The Balaban J connectivity index is 1.33. The Morgan fingerprint density at radius 1 is 1.31 bits per heavy atom. The standard InChI is InChI=1S/C21H29N3O5/c1-28-18-12-15(2-7-22-18)19(26)24-10-5-21(6-11-24)13-17(29-20(21)27)14-23-8-3-16(25)4-9-23/h2,7,12,16-17,25H,3-6,8-11,13-14H2,1H3. The predicted molar refractivity (Wildman–Crippen MR) is 105 cm³/mol. The molecule has 0 saturated carbocycles. The van der Waals surface area contributed by atoms with Crippen molar-refractivity contribution in [2.75, 3.05) is 39.8 Å². The summed E-state index contributed by atoms with van der Waals surface area (Å²) in [6, 6.07) is 3.33. The molecule has 0 aromatic carbocycles. The zero-order chi connectivity index (χ0) is 20.4. The Morgan fingerprint density at radius 2 is 2.03 bits per heavy atom. The molecule has 1 amide bonds. The highest BCUT2D eigenvalue weighted by Crippen LogP contribution is 2.43. The molecule has 3 fully saturated rings. The number of aliphatic hydroxyl groups is 1. The maximum absolute atomic E-state index is 12.8. The van der Waals surface area contributed by atoms with Gasteiger partial charge in [0.25, 0.3) is 5.91 Å². The molecule has 4 rings (SSSR count). The monoisotopic (exact) mass is 403 g/mol. The van der Waals surface area contributed by atoms with Crippen LogP contribution in [0, 0.1) is 5.41 Å². The summed E-state index contributed by atoms with van der Waals surface area (Å²) in [7, 11) is 1.52. The van der Waals surface area contributed by atoms with Crippen LogP contribution in [0.4, 0.5) is 0 Å². The lowest BCUT2D eigenvalue weighted by Gasteiger charge is -2.36. The smallest absolute Gasteiger partial charge is 0.312 e. The Morgan fingerprint density at radius 3 is 2.72 bits per heavy atom. The molecular weight excluding hydrogens is 374 g/mol. The fourth-order valence-corrected chi connectivity index (χ4v) is 4.71. The van der Waals surface area contributed by atoms with Crippen LogP contribution in [0.5, 0.6) is 5.88 Å². The van der Waals surface area contributed by atoms with Crippen LogP contribution in [0.3, 0.4) is 0 Å². The minimum atomic E-state index is -0.466. The SMILES string of the molecule is COc1cc(C(=O)N2CCC3(CC2)CC(CN2CCC(O)CC2)OC3=O)ccn1. The molecule has 0 aliphatic carbocycles. The van der Waals surface area contributed by atoms with Gasteiger partial charge in [0.1, 0.15) is 6.10 Å². The van der Waals surface area contributed by atoms with E-state index in [2.05, 4.69) is 9.88 Å². The van der Waals surface area contributed by atoms with Crippen LogP contribution >= 0.6 is 0 Å². The number of esters is 1. The molecule has 29 heavy (non-hydrogen) atoms. The number of likely N-dealkylation sites (tertiary alicyclic amines) is 2. The molecule has 0 bridgehead atoms. The van der Waals surface area contributed by atoms with Gasteiger partial charge in [-0.25, -0.2) is 4.98 Å². The van der Waals surface area contributed by atoms with Gasteiger partial charge in [0.15, 0.2) is 0 Å². The average Bonchev–Trinajstić information content (AvgIpc) is 3.04. The van der Waals surface area contributed by atoms with Gasteiger partial charge in [-0.05, 0) is 31.7 Å². The Kier molecular flexibility index (Phi) is 5.74. The second-order valence-electron chi connectivity index (χ2n) is 8.42. The van der Waals surface area contributed by atoms with Crippen molar-refractivity contribution in [3.63, 3.8) is 0 Å². The normalized spacial score (nSPS) is 25.2. The zero-order valence-corrected chi connectivity index (χ0v) is 16.9. The number of aromatic nitrogens is 1. The lowest BCUT2D eigenvalue weighted by atomic mass is 9.76. The molecule has 158 valence electrons. The first-order valence-corrected chi connectivity index (χ1v) is 10.4. The number of carbonyl (C=O) groups excluding carboxylic acids is 2. The van der Waals surface area contributed by atoms with Crippen molar-refractivity contribution < 1.29 is 24.2 Å². The van der Waals surface area contributed by atoms with E-state index in [9.17, 15) is 14.7 Å². The van der Waals surface area contributed by atoms with E-state index in [1.165, 1.54) is 7.11 Å². The van der Waals surface area contributed by atoms with Crippen molar-refractivity contribution in [2.45, 2.75) is 44.3 Å². The molecule has 3 aliphatic heterocycles. The molecule has 8 nitrogen and oxygen atoms in total. The van der Waals surface area contributed by atoms with Crippen molar-refractivity contribution in [3.05, 3.63) is 23.9 Å². The molecule has 4 heterocycles. The second kappa shape index (κ2) is 8.28. The number of pyridine rings is 1. The number of ether oxygens (including phenoxy) is 2. The number of methoxy groups -OCH3 is 1. The van der Waals surface area contributed by atoms with E-state index in [0.717, 1.165) is 38.9 Å². The highest BCUT2D eigenvalue weighted by molar-refractivity contribution is 5.94. The Labute approximate surface area is 170 Å². The quantitative estimate of drug-likeness (QED) is 0.752. The summed E-state index contributed by atoms with van der Waals surface area (Å²) in [6.45, 7) is 3.52. The summed E-state index contributed by atoms with van der Waals surface area (Å²) in [6.07, 6.45) is 4.82. The maximum Gasteiger partial charge on any atom is 0.312 e. The third-order valence-corrected chi connectivity index (χ3v) is 6.54. The van der Waals surface area contributed by atoms with E-state index >= 15 is 0 Å². The van der Waals surface area contributed by atoms with Gasteiger partial charge < -0.3 is 19.5 Å². The number of carbonyl (C=O) groups is 2. The molecule has 1 aromatic rings. The Bertz CT molecular complexity index is 754. The number of rotatable bonds is 4. The maximum atomic E-state index is 12.8. The molecule has 8 heteroatoms. The van der Waals surface area contributed by atoms with Gasteiger partial charge >= 0.3 is 5.97 Å². The summed E-state index contributed by atoms with van der Waals surface area (Å²) in [4.78, 5) is 33.6. The summed E-state index contributed by atoms with van der Waals surface area (Å²) < 4.78 is 10.8. The minimum absolute atomic E-state index is 0.0599. The van der Waals surface area contributed by atoms with Crippen LogP contribution in [-0.2, 0) is 9.53 Å². The minimum Gasteiger partial charge on any atom is -0.481 e. The molecule has 1 aromatic heterocycles. The lowest BCUT2D eigenvalue weighted by Crippen LogP contribution is -2.45. The van der Waals surface area contributed by atoms with Crippen LogP contribution in [0.1, 0.15) is 42.5 Å². The topological polar surface area (TPSA) is 92.2 Å². The summed E-state index contributed by atoms with van der Waals surface area (Å²) in [5, 5.41) is 9.66. The van der Waals surface area contributed by atoms with Gasteiger partial charge in [-0.15, -0.1) is 0 Å². The highest BCUT2D eigenvalue weighted by Gasteiger charge is 2.51. The molecule has 3 aliphatic rings. The van der Waals surface area contributed by atoms with E-state index in [-0.39, 0.29) is 24.1 Å². The molecule has 0 radical (unpaired) electrons. The lowest BCUT2D eigenvalue weighted by molar-refractivity contribution is -0.151. The van der Waals surface area contributed by atoms with Crippen LogP contribution in [0.25, 0.3) is 0 Å². The molecule has 1 spiro atoms. The summed E-state index contributed by atoms with van der Waals surface area (Å²) >= 11 is 0. The van der Waals surface area contributed by atoms with E-state index in [1.807, 2.05) is 0 Å². The van der Waals surface area contributed by atoms with Gasteiger partial charge in [0.05, 0.1) is 18.6 Å². The fourth-order valence-electron chi connectivity index (χ4n) is 4.71.